The average Bonchev–Trinajstić information content (AvgIpc) is 2.50. The first-order chi connectivity index (χ1) is 11.0. The molecule has 122 valence electrons. The van der Waals surface area contributed by atoms with Gasteiger partial charge in [-0.05, 0) is 43.0 Å². The maximum absolute atomic E-state index is 12.1. The summed E-state index contributed by atoms with van der Waals surface area (Å²) in [6.45, 7) is 6.90. The molecule has 1 aromatic carbocycles. The SMILES string of the molecule is Cc1cc(Br)ccc1Nc1cc(C(=O)NCCC(C)C)ncn1. The van der Waals surface area contributed by atoms with Crippen molar-refractivity contribution in [3.8, 4) is 0 Å². The van der Waals surface area contributed by atoms with E-state index in [-0.39, 0.29) is 5.91 Å². The molecule has 1 heterocycles. The van der Waals surface area contributed by atoms with Gasteiger partial charge in [0, 0.05) is 22.8 Å². The van der Waals surface area contributed by atoms with Crippen molar-refractivity contribution in [1.29, 1.82) is 0 Å². The molecule has 0 aliphatic heterocycles. The van der Waals surface area contributed by atoms with Crippen molar-refractivity contribution in [2.75, 3.05) is 11.9 Å². The zero-order chi connectivity index (χ0) is 16.8. The number of aryl methyl sites for hydroxylation is 1. The molecule has 0 saturated heterocycles. The van der Waals surface area contributed by atoms with Crippen molar-refractivity contribution in [2.45, 2.75) is 27.2 Å². The highest BCUT2D eigenvalue weighted by atomic mass is 79.9. The smallest absolute Gasteiger partial charge is 0.270 e. The quantitative estimate of drug-likeness (QED) is 0.797. The van der Waals surface area contributed by atoms with E-state index in [1.807, 2.05) is 25.1 Å². The van der Waals surface area contributed by atoms with Crippen LogP contribution in [0.3, 0.4) is 0 Å². The number of nitrogens with one attached hydrogen (secondary N) is 2. The minimum absolute atomic E-state index is 0.177. The van der Waals surface area contributed by atoms with Crippen molar-refractivity contribution >= 4 is 33.3 Å². The second-order valence-electron chi connectivity index (χ2n) is 5.81. The van der Waals surface area contributed by atoms with Gasteiger partial charge in [-0.3, -0.25) is 4.79 Å². The maximum Gasteiger partial charge on any atom is 0.270 e. The third-order valence-corrected chi connectivity index (χ3v) is 3.85. The number of benzene rings is 1. The highest BCUT2D eigenvalue weighted by Crippen LogP contribution is 2.22. The molecule has 0 spiro atoms. The number of amides is 1. The standard InChI is InChI=1S/C17H21BrN4O/c1-11(2)6-7-19-17(23)15-9-16(21-10-20-15)22-14-5-4-13(18)8-12(14)3/h4-5,8-11H,6-7H2,1-3H3,(H,19,23)(H,20,21,22). The van der Waals surface area contributed by atoms with Crippen LogP contribution in [0, 0.1) is 12.8 Å². The van der Waals surface area contributed by atoms with Gasteiger partial charge in [0.05, 0.1) is 0 Å². The van der Waals surface area contributed by atoms with E-state index in [9.17, 15) is 4.79 Å². The highest BCUT2D eigenvalue weighted by Gasteiger charge is 2.09. The first-order valence-corrected chi connectivity index (χ1v) is 8.38. The van der Waals surface area contributed by atoms with E-state index in [4.69, 9.17) is 0 Å². The van der Waals surface area contributed by atoms with Crippen molar-refractivity contribution in [3.63, 3.8) is 0 Å². The molecule has 1 amide bonds. The average molecular weight is 377 g/mol. The molecule has 1 aromatic heterocycles. The summed E-state index contributed by atoms with van der Waals surface area (Å²) >= 11 is 3.44. The third-order valence-electron chi connectivity index (χ3n) is 3.36. The van der Waals surface area contributed by atoms with Crippen LogP contribution < -0.4 is 10.6 Å². The first-order valence-electron chi connectivity index (χ1n) is 7.59. The zero-order valence-electron chi connectivity index (χ0n) is 13.6. The number of anilines is 2. The Morgan fingerprint density at radius 2 is 2.04 bits per heavy atom. The zero-order valence-corrected chi connectivity index (χ0v) is 15.1. The Bertz CT molecular complexity index is 688. The van der Waals surface area contributed by atoms with Crippen LogP contribution in [0.2, 0.25) is 0 Å². The summed E-state index contributed by atoms with van der Waals surface area (Å²) in [5.41, 5.74) is 2.39. The van der Waals surface area contributed by atoms with Crippen molar-refractivity contribution in [2.24, 2.45) is 5.92 Å². The van der Waals surface area contributed by atoms with Crippen LogP contribution in [0.5, 0.6) is 0 Å². The van der Waals surface area contributed by atoms with Crippen LogP contribution in [0.1, 0.15) is 36.3 Å². The fraction of sp³-hybridized carbons (Fsp3) is 0.353. The molecule has 0 saturated carbocycles. The summed E-state index contributed by atoms with van der Waals surface area (Å²) in [5.74, 6) is 0.973. The summed E-state index contributed by atoms with van der Waals surface area (Å²) in [7, 11) is 0. The van der Waals surface area contributed by atoms with Gasteiger partial charge in [0.25, 0.3) is 5.91 Å². The monoisotopic (exact) mass is 376 g/mol. The Morgan fingerprint density at radius 3 is 2.74 bits per heavy atom. The van der Waals surface area contributed by atoms with Gasteiger partial charge in [-0.1, -0.05) is 29.8 Å². The molecule has 0 radical (unpaired) electrons. The predicted octanol–water partition coefficient (Wildman–Crippen LogP) is 4.07. The Labute approximate surface area is 145 Å². The van der Waals surface area contributed by atoms with Gasteiger partial charge in [-0.15, -0.1) is 0 Å². The highest BCUT2D eigenvalue weighted by molar-refractivity contribution is 9.10. The summed E-state index contributed by atoms with van der Waals surface area (Å²) in [6, 6.07) is 7.59. The normalized spacial score (nSPS) is 10.7. The Balaban J connectivity index is 2.06. The molecule has 2 N–H and O–H groups in total. The second-order valence-corrected chi connectivity index (χ2v) is 6.73. The number of carbonyl (C=O) groups is 1. The van der Waals surface area contributed by atoms with Crippen LogP contribution in [0.15, 0.2) is 35.1 Å². The number of aromatic nitrogens is 2. The minimum atomic E-state index is -0.177. The predicted molar refractivity (Wildman–Crippen MR) is 96.0 cm³/mol. The molecule has 5 nitrogen and oxygen atoms in total. The van der Waals surface area contributed by atoms with E-state index in [0.717, 1.165) is 22.1 Å². The van der Waals surface area contributed by atoms with Crippen molar-refractivity contribution in [3.05, 3.63) is 46.3 Å². The molecule has 0 bridgehead atoms. The summed E-state index contributed by atoms with van der Waals surface area (Å²) in [6.07, 6.45) is 2.34. The maximum atomic E-state index is 12.1. The molecule has 0 atom stereocenters. The molecule has 0 aliphatic carbocycles. The largest absolute Gasteiger partial charge is 0.351 e. The molecule has 0 unspecified atom stereocenters. The fourth-order valence-electron chi connectivity index (χ4n) is 2.02. The van der Waals surface area contributed by atoms with Gasteiger partial charge in [-0.2, -0.15) is 0 Å². The van der Waals surface area contributed by atoms with Gasteiger partial charge >= 0.3 is 0 Å². The summed E-state index contributed by atoms with van der Waals surface area (Å²) in [4.78, 5) is 20.3. The van der Waals surface area contributed by atoms with Crippen LogP contribution in [0.4, 0.5) is 11.5 Å². The van der Waals surface area contributed by atoms with Gasteiger partial charge in [0.2, 0.25) is 0 Å². The molecular formula is C17H21BrN4O. The lowest BCUT2D eigenvalue weighted by molar-refractivity contribution is 0.0947. The molecule has 23 heavy (non-hydrogen) atoms. The van der Waals surface area contributed by atoms with Gasteiger partial charge < -0.3 is 10.6 Å². The van der Waals surface area contributed by atoms with Crippen molar-refractivity contribution in [1.82, 2.24) is 15.3 Å². The lowest BCUT2D eigenvalue weighted by Gasteiger charge is -2.10. The van der Waals surface area contributed by atoms with Crippen LogP contribution in [-0.4, -0.2) is 22.4 Å². The van der Waals surface area contributed by atoms with E-state index in [0.29, 0.717) is 24.0 Å². The number of halogens is 1. The van der Waals surface area contributed by atoms with E-state index in [1.54, 1.807) is 6.07 Å². The fourth-order valence-corrected chi connectivity index (χ4v) is 2.50. The number of hydrogen-bond acceptors (Lipinski definition) is 4. The Kier molecular flexibility index (Phi) is 6.10. The molecule has 2 aromatic rings. The third kappa shape index (κ3) is 5.32. The van der Waals surface area contributed by atoms with Gasteiger partial charge in [0.1, 0.15) is 17.8 Å². The molecule has 6 heteroatoms. The first kappa shape index (κ1) is 17.4. The topological polar surface area (TPSA) is 66.9 Å². The number of hydrogen-bond donors (Lipinski definition) is 2. The minimum Gasteiger partial charge on any atom is -0.351 e. The lowest BCUT2D eigenvalue weighted by atomic mass is 10.1. The molecule has 0 fully saturated rings. The molecular weight excluding hydrogens is 356 g/mol. The van der Waals surface area contributed by atoms with Crippen LogP contribution >= 0.6 is 15.9 Å². The van der Waals surface area contributed by atoms with Gasteiger partial charge in [-0.25, -0.2) is 9.97 Å². The van der Waals surface area contributed by atoms with Gasteiger partial charge in [0.15, 0.2) is 0 Å². The summed E-state index contributed by atoms with van der Waals surface area (Å²) < 4.78 is 1.02. The van der Waals surface area contributed by atoms with E-state index in [1.165, 1.54) is 6.33 Å². The molecule has 2 rings (SSSR count). The number of nitrogens with zero attached hydrogens (tertiary/aromatic N) is 2. The van der Waals surface area contributed by atoms with Crippen LogP contribution in [0.25, 0.3) is 0 Å². The Morgan fingerprint density at radius 1 is 1.26 bits per heavy atom. The number of rotatable bonds is 6. The van der Waals surface area contributed by atoms with E-state index >= 15 is 0 Å². The van der Waals surface area contributed by atoms with Crippen LogP contribution in [-0.2, 0) is 0 Å². The molecule has 0 aliphatic rings. The van der Waals surface area contributed by atoms with E-state index < -0.39 is 0 Å². The Hall–Kier alpha value is -1.95. The second kappa shape index (κ2) is 8.06. The van der Waals surface area contributed by atoms with Crippen molar-refractivity contribution < 1.29 is 4.79 Å². The summed E-state index contributed by atoms with van der Waals surface area (Å²) in [5, 5.41) is 6.09. The lowest BCUT2D eigenvalue weighted by Crippen LogP contribution is -2.26. The number of carbonyl (C=O) groups excluding carboxylic acids is 1. The van der Waals surface area contributed by atoms with E-state index in [2.05, 4.69) is 50.4 Å².